The molecule has 0 saturated heterocycles. The van der Waals surface area contributed by atoms with Crippen LogP contribution in [0.5, 0.6) is 0 Å². The van der Waals surface area contributed by atoms with Crippen molar-refractivity contribution in [3.63, 3.8) is 0 Å². The predicted octanol–water partition coefficient (Wildman–Crippen LogP) is 1.03. The van der Waals surface area contributed by atoms with E-state index in [0.717, 1.165) is 5.56 Å². The van der Waals surface area contributed by atoms with E-state index in [1.807, 2.05) is 6.07 Å². The summed E-state index contributed by atoms with van der Waals surface area (Å²) < 4.78 is 35.6. The molecule has 0 bridgehead atoms. The van der Waals surface area contributed by atoms with Crippen LogP contribution in [-0.2, 0) is 16.4 Å². The van der Waals surface area contributed by atoms with Crippen molar-refractivity contribution in [1.82, 2.24) is 5.32 Å². The van der Waals surface area contributed by atoms with E-state index in [-0.39, 0.29) is 11.6 Å². The van der Waals surface area contributed by atoms with Gasteiger partial charge in [-0.1, -0.05) is 0 Å². The molecule has 0 unspecified atom stereocenters. The van der Waals surface area contributed by atoms with Gasteiger partial charge >= 0.3 is 0 Å². The summed E-state index contributed by atoms with van der Waals surface area (Å²) in [6, 6.07) is 4.72. The highest BCUT2D eigenvalue weighted by molar-refractivity contribution is 7.90. The van der Waals surface area contributed by atoms with Crippen molar-refractivity contribution in [2.75, 3.05) is 37.5 Å². The Labute approximate surface area is 108 Å². The first-order chi connectivity index (χ1) is 8.31. The Morgan fingerprint density at radius 3 is 2.56 bits per heavy atom. The Bertz CT molecular complexity index is 503. The van der Waals surface area contributed by atoms with Gasteiger partial charge in [0.25, 0.3) is 0 Å². The molecule has 0 aromatic heterocycles. The monoisotopic (exact) mass is 274 g/mol. The molecule has 6 heteroatoms. The number of anilines is 1. The minimum absolute atomic E-state index is 0.0569. The fourth-order valence-electron chi connectivity index (χ4n) is 1.59. The third-order valence-corrected chi connectivity index (χ3v) is 3.49. The zero-order valence-corrected chi connectivity index (χ0v) is 11.7. The molecular weight excluding hydrogens is 255 g/mol. The van der Waals surface area contributed by atoms with Gasteiger partial charge in [0.2, 0.25) is 0 Å². The van der Waals surface area contributed by atoms with Gasteiger partial charge in [-0.3, -0.25) is 0 Å². The number of benzene rings is 1. The van der Waals surface area contributed by atoms with Gasteiger partial charge in [-0.25, -0.2) is 12.8 Å². The molecule has 102 valence electrons. The van der Waals surface area contributed by atoms with Crippen molar-refractivity contribution in [3.8, 4) is 0 Å². The lowest BCUT2D eigenvalue weighted by Crippen LogP contribution is -2.25. The van der Waals surface area contributed by atoms with Crippen LogP contribution in [0, 0.1) is 5.82 Å². The molecule has 0 heterocycles. The SMILES string of the molecule is CNCc1cc(F)cc(N(C)CCS(C)(=O)=O)c1. The van der Waals surface area contributed by atoms with E-state index in [1.54, 1.807) is 19.0 Å². The molecule has 0 fully saturated rings. The van der Waals surface area contributed by atoms with Crippen LogP contribution in [0.2, 0.25) is 0 Å². The van der Waals surface area contributed by atoms with Crippen molar-refractivity contribution in [2.45, 2.75) is 6.54 Å². The van der Waals surface area contributed by atoms with Gasteiger partial charge in [0.15, 0.2) is 0 Å². The minimum atomic E-state index is -3.01. The standard InChI is InChI=1S/C12H19FN2O2S/c1-14-9-10-6-11(13)8-12(7-10)15(2)4-5-18(3,16)17/h6-8,14H,4-5,9H2,1-3H3. The largest absolute Gasteiger partial charge is 0.373 e. The summed E-state index contributed by atoms with van der Waals surface area (Å²) in [5.74, 6) is -0.259. The van der Waals surface area contributed by atoms with Crippen LogP contribution < -0.4 is 10.2 Å². The summed E-state index contributed by atoms with van der Waals surface area (Å²) in [5, 5.41) is 2.95. The number of hydrogen-bond donors (Lipinski definition) is 1. The second-order valence-corrected chi connectivity index (χ2v) is 6.66. The maximum atomic E-state index is 13.4. The van der Waals surface area contributed by atoms with Gasteiger partial charge in [0, 0.05) is 32.1 Å². The fourth-order valence-corrected chi connectivity index (χ4v) is 2.20. The van der Waals surface area contributed by atoms with E-state index in [1.165, 1.54) is 18.4 Å². The van der Waals surface area contributed by atoms with Crippen molar-refractivity contribution >= 4 is 15.5 Å². The van der Waals surface area contributed by atoms with E-state index in [2.05, 4.69) is 5.32 Å². The first kappa shape index (κ1) is 14.9. The zero-order valence-electron chi connectivity index (χ0n) is 10.9. The number of halogens is 1. The van der Waals surface area contributed by atoms with E-state index in [4.69, 9.17) is 0 Å². The predicted molar refractivity (Wildman–Crippen MR) is 72.1 cm³/mol. The number of rotatable bonds is 6. The molecule has 1 aromatic carbocycles. The van der Waals surface area contributed by atoms with Gasteiger partial charge in [-0.05, 0) is 30.8 Å². The van der Waals surface area contributed by atoms with Crippen LogP contribution in [0.3, 0.4) is 0 Å². The smallest absolute Gasteiger partial charge is 0.149 e. The molecule has 1 N–H and O–H groups in total. The zero-order chi connectivity index (χ0) is 13.8. The van der Waals surface area contributed by atoms with Crippen molar-refractivity contribution in [3.05, 3.63) is 29.6 Å². The van der Waals surface area contributed by atoms with Crippen LogP contribution in [0.4, 0.5) is 10.1 Å². The highest BCUT2D eigenvalue weighted by Crippen LogP contribution is 2.17. The molecule has 0 radical (unpaired) electrons. The fraction of sp³-hybridized carbons (Fsp3) is 0.500. The minimum Gasteiger partial charge on any atom is -0.373 e. The van der Waals surface area contributed by atoms with Crippen molar-refractivity contribution in [2.24, 2.45) is 0 Å². The van der Waals surface area contributed by atoms with Gasteiger partial charge in [-0.2, -0.15) is 0 Å². The molecule has 0 spiro atoms. The lowest BCUT2D eigenvalue weighted by molar-refractivity contribution is 0.601. The summed E-state index contributed by atoms with van der Waals surface area (Å²) in [5.41, 5.74) is 1.52. The Balaban J connectivity index is 2.81. The second kappa shape index (κ2) is 6.15. The van der Waals surface area contributed by atoms with Crippen LogP contribution in [0.15, 0.2) is 18.2 Å². The summed E-state index contributed by atoms with van der Waals surface area (Å²) >= 11 is 0. The molecule has 0 amide bonds. The Morgan fingerprint density at radius 2 is 2.00 bits per heavy atom. The van der Waals surface area contributed by atoms with E-state index in [0.29, 0.717) is 18.8 Å². The lowest BCUT2D eigenvalue weighted by atomic mass is 10.2. The Morgan fingerprint density at radius 1 is 1.33 bits per heavy atom. The summed E-state index contributed by atoms with van der Waals surface area (Å²) in [7, 11) is 0.537. The van der Waals surface area contributed by atoms with Gasteiger partial charge in [0.05, 0.1) is 5.75 Å². The molecule has 1 rings (SSSR count). The molecule has 0 aliphatic heterocycles. The topological polar surface area (TPSA) is 49.4 Å². The Kier molecular flexibility index (Phi) is 5.10. The van der Waals surface area contributed by atoms with E-state index in [9.17, 15) is 12.8 Å². The Hall–Kier alpha value is -1.14. The number of nitrogens with one attached hydrogen (secondary N) is 1. The van der Waals surface area contributed by atoms with Crippen LogP contribution in [0.25, 0.3) is 0 Å². The third kappa shape index (κ3) is 5.01. The number of hydrogen-bond acceptors (Lipinski definition) is 4. The molecule has 4 nitrogen and oxygen atoms in total. The van der Waals surface area contributed by atoms with E-state index < -0.39 is 9.84 Å². The summed E-state index contributed by atoms with van der Waals surface area (Å²) in [6.07, 6.45) is 1.19. The highest BCUT2D eigenvalue weighted by atomic mass is 32.2. The third-order valence-electron chi connectivity index (χ3n) is 2.56. The number of nitrogens with zero attached hydrogens (tertiary/aromatic N) is 1. The summed E-state index contributed by atoms with van der Waals surface area (Å²) in [4.78, 5) is 1.74. The van der Waals surface area contributed by atoms with E-state index >= 15 is 0 Å². The van der Waals surface area contributed by atoms with Gasteiger partial charge in [-0.15, -0.1) is 0 Å². The average molecular weight is 274 g/mol. The molecular formula is C12H19FN2O2S. The molecule has 1 aromatic rings. The normalized spacial score (nSPS) is 11.6. The van der Waals surface area contributed by atoms with Gasteiger partial charge < -0.3 is 10.2 Å². The molecule has 0 atom stereocenters. The first-order valence-corrected chi connectivity index (χ1v) is 7.71. The highest BCUT2D eigenvalue weighted by Gasteiger charge is 2.08. The van der Waals surface area contributed by atoms with Gasteiger partial charge in [0.1, 0.15) is 15.7 Å². The first-order valence-electron chi connectivity index (χ1n) is 5.65. The molecule has 0 saturated carbocycles. The second-order valence-electron chi connectivity index (χ2n) is 4.40. The maximum Gasteiger partial charge on any atom is 0.149 e. The van der Waals surface area contributed by atoms with Crippen LogP contribution in [0.1, 0.15) is 5.56 Å². The number of sulfone groups is 1. The van der Waals surface area contributed by atoms with Crippen LogP contribution >= 0.6 is 0 Å². The summed E-state index contributed by atoms with van der Waals surface area (Å²) in [6.45, 7) is 0.923. The molecule has 0 aliphatic carbocycles. The molecule has 18 heavy (non-hydrogen) atoms. The maximum absolute atomic E-state index is 13.4. The van der Waals surface area contributed by atoms with Crippen molar-refractivity contribution in [1.29, 1.82) is 0 Å². The quantitative estimate of drug-likeness (QED) is 0.841. The van der Waals surface area contributed by atoms with Crippen LogP contribution in [-0.4, -0.2) is 41.1 Å². The molecule has 0 aliphatic rings. The lowest BCUT2D eigenvalue weighted by Gasteiger charge is -2.19. The average Bonchev–Trinajstić information content (AvgIpc) is 2.24. The van der Waals surface area contributed by atoms with Crippen molar-refractivity contribution < 1.29 is 12.8 Å².